The van der Waals surface area contributed by atoms with Crippen LogP contribution in [-0.2, 0) is 16.6 Å². The summed E-state index contributed by atoms with van der Waals surface area (Å²) in [6, 6.07) is 14.0. The van der Waals surface area contributed by atoms with Crippen molar-refractivity contribution >= 4 is 33.2 Å². The lowest BCUT2D eigenvalue weighted by atomic mass is 10.2. The summed E-state index contributed by atoms with van der Waals surface area (Å²) < 4.78 is 26.0. The van der Waals surface area contributed by atoms with Crippen molar-refractivity contribution in [3.63, 3.8) is 0 Å². The van der Waals surface area contributed by atoms with Gasteiger partial charge in [-0.25, -0.2) is 8.42 Å². The van der Waals surface area contributed by atoms with E-state index in [0.29, 0.717) is 34.6 Å². The third kappa shape index (κ3) is 6.89. The molecule has 0 atom stereocenters. The van der Waals surface area contributed by atoms with Gasteiger partial charge in [0.1, 0.15) is 0 Å². The molecule has 0 bridgehead atoms. The average Bonchev–Trinajstić information content (AvgIpc) is 2.65. The van der Waals surface area contributed by atoms with Crippen LogP contribution in [0.1, 0.15) is 32.3 Å². The second-order valence-electron chi connectivity index (χ2n) is 5.67. The highest BCUT2D eigenvalue weighted by atomic mass is 35.5. The van der Waals surface area contributed by atoms with Gasteiger partial charge in [0.25, 0.3) is 0 Å². The number of hydrogen-bond donors (Lipinski definition) is 1. The minimum absolute atomic E-state index is 0.386. The highest BCUT2D eigenvalue weighted by molar-refractivity contribution is 7.89. The van der Waals surface area contributed by atoms with E-state index in [-0.39, 0.29) is 0 Å². The SMILES string of the molecule is CCCN(CCC)S(=O)(=O)c1ccccc1.NCc1ccc(Cl)c(Cl)c1. The summed E-state index contributed by atoms with van der Waals surface area (Å²) in [6.07, 6.45) is 1.68. The maximum atomic E-state index is 12.2. The van der Waals surface area contributed by atoms with Crippen LogP contribution in [0.2, 0.25) is 10.0 Å². The standard InChI is InChI=1S/C12H19NO2S.C7H7Cl2N/c1-3-10-13(11-4-2)16(14,15)12-8-6-5-7-9-12;8-6-2-1-5(4-10)3-7(6)9/h5-9H,3-4,10-11H2,1-2H3;1-3H,4,10H2. The molecule has 0 aromatic heterocycles. The van der Waals surface area contributed by atoms with Crippen LogP contribution in [0.15, 0.2) is 53.4 Å². The molecule has 0 heterocycles. The molecule has 0 radical (unpaired) electrons. The van der Waals surface area contributed by atoms with Crippen LogP contribution in [0.4, 0.5) is 0 Å². The van der Waals surface area contributed by atoms with Crippen molar-refractivity contribution in [2.45, 2.75) is 38.1 Å². The van der Waals surface area contributed by atoms with Gasteiger partial charge in [-0.15, -0.1) is 0 Å². The van der Waals surface area contributed by atoms with Gasteiger partial charge in [0, 0.05) is 19.6 Å². The molecule has 0 amide bonds. The van der Waals surface area contributed by atoms with Crippen LogP contribution >= 0.6 is 23.2 Å². The van der Waals surface area contributed by atoms with Crippen LogP contribution < -0.4 is 5.73 Å². The Morgan fingerprint density at radius 2 is 1.50 bits per heavy atom. The quantitative estimate of drug-likeness (QED) is 0.693. The highest BCUT2D eigenvalue weighted by Gasteiger charge is 2.22. The molecule has 144 valence electrons. The Labute approximate surface area is 167 Å². The molecule has 2 N–H and O–H groups in total. The summed E-state index contributed by atoms with van der Waals surface area (Å²) in [4.78, 5) is 0.386. The molecule has 0 spiro atoms. The molecule has 0 aliphatic heterocycles. The molecular formula is C19H26Cl2N2O2S. The van der Waals surface area contributed by atoms with E-state index in [1.165, 1.54) is 0 Å². The van der Waals surface area contributed by atoms with Crippen LogP contribution in [0.25, 0.3) is 0 Å². The maximum Gasteiger partial charge on any atom is 0.243 e. The maximum absolute atomic E-state index is 12.2. The third-order valence-electron chi connectivity index (χ3n) is 3.55. The Balaban J connectivity index is 0.000000289. The smallest absolute Gasteiger partial charge is 0.243 e. The fourth-order valence-electron chi connectivity index (χ4n) is 2.26. The van der Waals surface area contributed by atoms with Gasteiger partial charge in [0.2, 0.25) is 10.0 Å². The molecular weight excluding hydrogens is 391 g/mol. The lowest BCUT2D eigenvalue weighted by Crippen LogP contribution is -2.32. The predicted molar refractivity (Wildman–Crippen MR) is 110 cm³/mol. The Hall–Kier alpha value is -1.11. The van der Waals surface area contributed by atoms with Crippen LogP contribution in [0.3, 0.4) is 0 Å². The van der Waals surface area contributed by atoms with Crippen LogP contribution in [0, 0.1) is 0 Å². The van der Waals surface area contributed by atoms with E-state index in [9.17, 15) is 8.42 Å². The average molecular weight is 417 g/mol. The first-order chi connectivity index (χ1) is 12.4. The summed E-state index contributed by atoms with van der Waals surface area (Å²) in [5.41, 5.74) is 6.36. The van der Waals surface area contributed by atoms with E-state index in [1.807, 2.05) is 26.0 Å². The summed E-state index contributed by atoms with van der Waals surface area (Å²) >= 11 is 11.4. The van der Waals surface area contributed by atoms with Crippen molar-refractivity contribution in [1.82, 2.24) is 4.31 Å². The fourth-order valence-corrected chi connectivity index (χ4v) is 4.22. The fraction of sp³-hybridized carbons (Fsp3) is 0.368. The summed E-state index contributed by atoms with van der Waals surface area (Å²) in [5, 5.41) is 1.13. The number of nitrogens with zero attached hydrogens (tertiary/aromatic N) is 1. The molecule has 0 saturated heterocycles. The Morgan fingerprint density at radius 1 is 0.923 bits per heavy atom. The Morgan fingerprint density at radius 3 is 1.96 bits per heavy atom. The zero-order chi connectivity index (χ0) is 19.6. The van der Waals surface area contributed by atoms with E-state index >= 15 is 0 Å². The Kier molecular flexibility index (Phi) is 10.2. The number of hydrogen-bond acceptors (Lipinski definition) is 3. The molecule has 0 aliphatic rings. The lowest BCUT2D eigenvalue weighted by molar-refractivity contribution is 0.410. The van der Waals surface area contributed by atoms with Crippen LogP contribution in [-0.4, -0.2) is 25.8 Å². The number of halogens is 2. The van der Waals surface area contributed by atoms with Crippen molar-refractivity contribution in [3.8, 4) is 0 Å². The number of nitrogens with two attached hydrogens (primary N) is 1. The topological polar surface area (TPSA) is 63.4 Å². The zero-order valence-corrected chi connectivity index (χ0v) is 17.5. The summed E-state index contributed by atoms with van der Waals surface area (Å²) in [7, 11) is -3.29. The first-order valence-corrected chi connectivity index (χ1v) is 10.8. The second-order valence-corrected chi connectivity index (χ2v) is 8.42. The summed E-state index contributed by atoms with van der Waals surface area (Å²) in [6.45, 7) is 5.65. The lowest BCUT2D eigenvalue weighted by Gasteiger charge is -2.20. The van der Waals surface area contributed by atoms with Gasteiger partial charge in [0.05, 0.1) is 14.9 Å². The van der Waals surface area contributed by atoms with Crippen molar-refractivity contribution in [1.29, 1.82) is 0 Å². The minimum Gasteiger partial charge on any atom is -0.326 e. The van der Waals surface area contributed by atoms with Crippen LogP contribution in [0.5, 0.6) is 0 Å². The molecule has 2 rings (SSSR count). The summed E-state index contributed by atoms with van der Waals surface area (Å²) in [5.74, 6) is 0. The van der Waals surface area contributed by atoms with Gasteiger partial charge in [0.15, 0.2) is 0 Å². The first-order valence-electron chi connectivity index (χ1n) is 8.56. The van der Waals surface area contributed by atoms with E-state index in [4.69, 9.17) is 28.9 Å². The second kappa shape index (κ2) is 11.6. The highest BCUT2D eigenvalue weighted by Crippen LogP contribution is 2.22. The number of benzene rings is 2. The minimum atomic E-state index is -3.29. The molecule has 0 saturated carbocycles. The van der Waals surface area contributed by atoms with Gasteiger partial charge in [-0.05, 0) is 42.7 Å². The first kappa shape index (κ1) is 22.9. The normalized spacial score (nSPS) is 11.2. The van der Waals surface area contributed by atoms with Crippen molar-refractivity contribution in [3.05, 3.63) is 64.1 Å². The third-order valence-corrected chi connectivity index (χ3v) is 6.20. The van der Waals surface area contributed by atoms with E-state index in [2.05, 4.69) is 0 Å². The molecule has 2 aromatic carbocycles. The Bertz CT molecular complexity index is 762. The molecule has 2 aromatic rings. The van der Waals surface area contributed by atoms with Gasteiger partial charge in [-0.3, -0.25) is 0 Å². The van der Waals surface area contributed by atoms with E-state index in [0.717, 1.165) is 18.4 Å². The van der Waals surface area contributed by atoms with Gasteiger partial charge >= 0.3 is 0 Å². The molecule has 0 aliphatic carbocycles. The van der Waals surface area contributed by atoms with Gasteiger partial charge < -0.3 is 5.73 Å². The van der Waals surface area contributed by atoms with Gasteiger partial charge in [-0.2, -0.15) is 4.31 Å². The molecule has 4 nitrogen and oxygen atoms in total. The molecule has 26 heavy (non-hydrogen) atoms. The number of sulfonamides is 1. The largest absolute Gasteiger partial charge is 0.326 e. The van der Waals surface area contributed by atoms with E-state index in [1.54, 1.807) is 40.7 Å². The predicted octanol–water partition coefficient (Wildman–Crippen LogP) is 4.95. The molecule has 0 unspecified atom stereocenters. The van der Waals surface area contributed by atoms with Crippen molar-refractivity contribution in [2.24, 2.45) is 5.73 Å². The van der Waals surface area contributed by atoms with E-state index < -0.39 is 10.0 Å². The zero-order valence-electron chi connectivity index (χ0n) is 15.2. The van der Waals surface area contributed by atoms with Crippen molar-refractivity contribution in [2.75, 3.05) is 13.1 Å². The number of rotatable bonds is 7. The molecule has 0 fully saturated rings. The monoisotopic (exact) mass is 416 g/mol. The van der Waals surface area contributed by atoms with Crippen molar-refractivity contribution < 1.29 is 8.42 Å². The van der Waals surface area contributed by atoms with Gasteiger partial charge in [-0.1, -0.05) is 61.3 Å². The molecule has 7 heteroatoms.